The van der Waals surface area contributed by atoms with Gasteiger partial charge >= 0.3 is 0 Å². The van der Waals surface area contributed by atoms with Crippen LogP contribution >= 0.6 is 27.5 Å². The van der Waals surface area contributed by atoms with Gasteiger partial charge in [0.25, 0.3) is 5.89 Å². The predicted molar refractivity (Wildman–Crippen MR) is 84.3 cm³/mol. The summed E-state index contributed by atoms with van der Waals surface area (Å²) in [5.74, 6) is 0.818. The molecule has 6 heteroatoms. The van der Waals surface area contributed by atoms with Gasteiger partial charge in [-0.25, -0.2) is 0 Å². The molecule has 3 rings (SSSR count). The number of nitrogens with zero attached hydrogens (tertiary/aromatic N) is 2. The van der Waals surface area contributed by atoms with E-state index >= 15 is 0 Å². The molecule has 0 amide bonds. The van der Waals surface area contributed by atoms with Crippen LogP contribution in [0.1, 0.15) is 5.56 Å². The van der Waals surface area contributed by atoms with Gasteiger partial charge in [0.2, 0.25) is 5.82 Å². The van der Waals surface area contributed by atoms with E-state index in [1.54, 1.807) is 24.3 Å². The quantitative estimate of drug-likeness (QED) is 0.706. The van der Waals surface area contributed by atoms with E-state index in [-0.39, 0.29) is 11.6 Å². The first kappa shape index (κ1) is 14.1. The van der Waals surface area contributed by atoms with E-state index < -0.39 is 0 Å². The molecule has 1 N–H and O–H groups in total. The number of aryl methyl sites for hydroxylation is 1. The molecule has 0 saturated carbocycles. The van der Waals surface area contributed by atoms with E-state index in [2.05, 4.69) is 26.1 Å². The Morgan fingerprint density at radius 2 is 2.00 bits per heavy atom. The number of hydrogen-bond donors (Lipinski definition) is 1. The van der Waals surface area contributed by atoms with Crippen LogP contribution < -0.4 is 0 Å². The first-order valence-electron chi connectivity index (χ1n) is 6.14. The van der Waals surface area contributed by atoms with E-state index in [4.69, 9.17) is 16.1 Å². The molecule has 0 unspecified atom stereocenters. The van der Waals surface area contributed by atoms with Crippen LogP contribution in [0.3, 0.4) is 0 Å². The van der Waals surface area contributed by atoms with Crippen LogP contribution in [0.4, 0.5) is 0 Å². The third-order valence-electron chi connectivity index (χ3n) is 2.99. The van der Waals surface area contributed by atoms with E-state index in [1.807, 2.05) is 19.1 Å². The molecule has 1 aromatic heterocycles. The highest BCUT2D eigenvalue weighted by atomic mass is 79.9. The molecule has 21 heavy (non-hydrogen) atoms. The van der Waals surface area contributed by atoms with Crippen molar-refractivity contribution in [2.75, 3.05) is 0 Å². The van der Waals surface area contributed by atoms with Gasteiger partial charge in [0.15, 0.2) is 0 Å². The van der Waals surface area contributed by atoms with Gasteiger partial charge in [0.05, 0.1) is 10.6 Å². The summed E-state index contributed by atoms with van der Waals surface area (Å²) in [4.78, 5) is 4.31. The lowest BCUT2D eigenvalue weighted by Gasteiger charge is -2.00. The normalized spacial score (nSPS) is 10.8. The van der Waals surface area contributed by atoms with Gasteiger partial charge in [-0.05, 0) is 58.7 Å². The molecule has 0 saturated heterocycles. The fraction of sp³-hybridized carbons (Fsp3) is 0.0667. The Morgan fingerprint density at radius 3 is 2.71 bits per heavy atom. The average Bonchev–Trinajstić information content (AvgIpc) is 2.91. The van der Waals surface area contributed by atoms with Gasteiger partial charge < -0.3 is 9.63 Å². The fourth-order valence-corrected chi connectivity index (χ4v) is 2.40. The van der Waals surface area contributed by atoms with Crippen molar-refractivity contribution in [1.29, 1.82) is 0 Å². The van der Waals surface area contributed by atoms with Crippen molar-refractivity contribution in [2.45, 2.75) is 6.92 Å². The van der Waals surface area contributed by atoms with Crippen LogP contribution in [-0.2, 0) is 0 Å². The third-order valence-corrected chi connectivity index (χ3v) is 4.20. The fourth-order valence-electron chi connectivity index (χ4n) is 1.91. The number of hydrogen-bond acceptors (Lipinski definition) is 4. The topological polar surface area (TPSA) is 59.2 Å². The second-order valence-electron chi connectivity index (χ2n) is 4.57. The Labute approximate surface area is 134 Å². The molecule has 0 aliphatic rings. The summed E-state index contributed by atoms with van der Waals surface area (Å²) in [7, 11) is 0. The van der Waals surface area contributed by atoms with Crippen LogP contribution in [0, 0.1) is 6.92 Å². The molecule has 0 radical (unpaired) electrons. The number of halogens is 2. The number of rotatable bonds is 2. The van der Waals surface area contributed by atoms with Crippen LogP contribution in [0.5, 0.6) is 5.75 Å². The van der Waals surface area contributed by atoms with Gasteiger partial charge in [0, 0.05) is 10.0 Å². The monoisotopic (exact) mass is 364 g/mol. The zero-order chi connectivity index (χ0) is 15.0. The predicted octanol–water partition coefficient (Wildman–Crippen LogP) is 4.83. The smallest absolute Gasteiger partial charge is 0.261 e. The molecule has 0 aliphatic carbocycles. The molecule has 3 aromatic rings. The van der Waals surface area contributed by atoms with Crippen molar-refractivity contribution in [3.05, 3.63) is 51.5 Å². The Balaban J connectivity index is 2.01. The van der Waals surface area contributed by atoms with Crippen molar-refractivity contribution < 1.29 is 9.63 Å². The minimum Gasteiger partial charge on any atom is -0.507 e. The van der Waals surface area contributed by atoms with Gasteiger partial charge in [-0.1, -0.05) is 22.8 Å². The molecular weight excluding hydrogens is 356 g/mol. The summed E-state index contributed by atoms with van der Waals surface area (Å²) >= 11 is 9.32. The Kier molecular flexibility index (Phi) is 3.69. The SMILES string of the molecule is Cc1ccc(-c2nc(-c3ccc(Cl)c(Br)c3)no2)c(O)c1. The van der Waals surface area contributed by atoms with Crippen molar-refractivity contribution in [3.8, 4) is 28.6 Å². The average molecular weight is 366 g/mol. The summed E-state index contributed by atoms with van der Waals surface area (Å²) in [5.41, 5.74) is 2.23. The molecule has 0 bridgehead atoms. The lowest BCUT2D eigenvalue weighted by molar-refractivity contribution is 0.425. The second kappa shape index (κ2) is 5.50. The maximum atomic E-state index is 9.95. The Hall–Kier alpha value is -1.85. The van der Waals surface area contributed by atoms with Gasteiger partial charge in [-0.2, -0.15) is 4.98 Å². The van der Waals surface area contributed by atoms with Crippen LogP contribution in [-0.4, -0.2) is 15.2 Å². The second-order valence-corrected chi connectivity index (χ2v) is 5.83. The number of aromatic nitrogens is 2. The first-order valence-corrected chi connectivity index (χ1v) is 7.31. The van der Waals surface area contributed by atoms with Gasteiger partial charge in [-0.15, -0.1) is 0 Å². The molecular formula is C15H10BrClN2O2. The lowest BCUT2D eigenvalue weighted by Crippen LogP contribution is -1.83. The summed E-state index contributed by atoms with van der Waals surface area (Å²) in [6.07, 6.45) is 0. The Morgan fingerprint density at radius 1 is 1.19 bits per heavy atom. The molecule has 0 aliphatic heterocycles. The van der Waals surface area contributed by atoms with Crippen LogP contribution in [0.2, 0.25) is 5.02 Å². The van der Waals surface area contributed by atoms with Crippen molar-refractivity contribution in [1.82, 2.24) is 10.1 Å². The lowest BCUT2D eigenvalue weighted by atomic mass is 10.1. The number of phenolic OH excluding ortho intramolecular Hbond substituents is 1. The number of phenols is 1. The van der Waals surface area contributed by atoms with Crippen molar-refractivity contribution in [2.24, 2.45) is 0 Å². The maximum absolute atomic E-state index is 9.95. The van der Waals surface area contributed by atoms with E-state index in [0.717, 1.165) is 15.6 Å². The van der Waals surface area contributed by atoms with Crippen LogP contribution in [0.15, 0.2) is 45.4 Å². The highest BCUT2D eigenvalue weighted by Gasteiger charge is 2.14. The molecule has 0 spiro atoms. The molecule has 0 fully saturated rings. The van der Waals surface area contributed by atoms with Gasteiger partial charge in [0.1, 0.15) is 5.75 Å². The highest BCUT2D eigenvalue weighted by molar-refractivity contribution is 9.10. The first-order chi connectivity index (χ1) is 10.0. The largest absolute Gasteiger partial charge is 0.507 e. The zero-order valence-corrected chi connectivity index (χ0v) is 13.3. The third kappa shape index (κ3) is 2.80. The van der Waals surface area contributed by atoms with Gasteiger partial charge in [-0.3, -0.25) is 0 Å². The summed E-state index contributed by atoms with van der Waals surface area (Å²) < 4.78 is 5.98. The highest BCUT2D eigenvalue weighted by Crippen LogP contribution is 2.31. The summed E-state index contributed by atoms with van der Waals surface area (Å²) in [6, 6.07) is 10.6. The molecule has 4 nitrogen and oxygen atoms in total. The minimum atomic E-state index is 0.113. The number of benzene rings is 2. The summed E-state index contributed by atoms with van der Waals surface area (Å²) in [5, 5.41) is 14.5. The maximum Gasteiger partial charge on any atom is 0.261 e. The van der Waals surface area contributed by atoms with E-state index in [0.29, 0.717) is 16.4 Å². The zero-order valence-electron chi connectivity index (χ0n) is 11.0. The van der Waals surface area contributed by atoms with Crippen molar-refractivity contribution >= 4 is 27.5 Å². The van der Waals surface area contributed by atoms with Crippen LogP contribution in [0.25, 0.3) is 22.8 Å². The molecule has 2 aromatic carbocycles. The van der Waals surface area contributed by atoms with Crippen molar-refractivity contribution in [3.63, 3.8) is 0 Å². The minimum absolute atomic E-state index is 0.113. The standard InChI is InChI=1S/C15H10BrClN2O2/c1-8-2-4-10(13(20)6-8)15-18-14(19-21-15)9-3-5-12(17)11(16)7-9/h2-7,20H,1H3. The number of aromatic hydroxyl groups is 1. The molecule has 0 atom stereocenters. The molecule has 1 heterocycles. The molecule has 106 valence electrons. The Bertz CT molecular complexity index is 817. The van der Waals surface area contributed by atoms with E-state index in [9.17, 15) is 5.11 Å². The van der Waals surface area contributed by atoms with E-state index in [1.165, 1.54) is 0 Å². The summed E-state index contributed by atoms with van der Waals surface area (Å²) in [6.45, 7) is 1.90.